The molecule has 4 nitrogen and oxygen atoms in total. The first-order valence-corrected chi connectivity index (χ1v) is 8.83. The minimum atomic E-state index is -0.0344. The van der Waals surface area contributed by atoms with E-state index in [0.717, 1.165) is 36.5 Å². The number of hydrogen-bond donors (Lipinski definition) is 2. The van der Waals surface area contributed by atoms with Crippen molar-refractivity contribution in [2.24, 2.45) is 0 Å². The third-order valence-corrected chi connectivity index (χ3v) is 4.56. The summed E-state index contributed by atoms with van der Waals surface area (Å²) in [6.07, 6.45) is 8.78. The van der Waals surface area contributed by atoms with E-state index in [1.165, 1.54) is 18.4 Å². The molecule has 0 radical (unpaired) electrons. The van der Waals surface area contributed by atoms with Gasteiger partial charge in [-0.1, -0.05) is 36.6 Å². The molecule has 1 fully saturated rings. The van der Waals surface area contributed by atoms with E-state index in [1.807, 2.05) is 24.3 Å². The van der Waals surface area contributed by atoms with Crippen LogP contribution in [0, 0.1) is 0 Å². The Morgan fingerprint density at radius 2 is 2.04 bits per heavy atom. The van der Waals surface area contributed by atoms with Crippen molar-refractivity contribution in [1.82, 2.24) is 10.3 Å². The Hall–Kier alpha value is -2.07. The molecule has 1 heterocycles. The fourth-order valence-electron chi connectivity index (χ4n) is 3.04. The van der Waals surface area contributed by atoms with E-state index in [-0.39, 0.29) is 5.91 Å². The van der Waals surface area contributed by atoms with Gasteiger partial charge in [0.25, 0.3) is 5.91 Å². The minimum absolute atomic E-state index is 0.0344. The Bertz CT molecular complexity index is 699. The van der Waals surface area contributed by atoms with Crippen LogP contribution in [-0.4, -0.2) is 23.5 Å². The van der Waals surface area contributed by atoms with Gasteiger partial charge in [0.1, 0.15) is 0 Å². The summed E-state index contributed by atoms with van der Waals surface area (Å²) in [5.74, 6) is -0.0344. The van der Waals surface area contributed by atoms with Crippen LogP contribution in [0.2, 0.25) is 5.02 Å². The molecule has 1 aliphatic carbocycles. The number of amides is 1. The number of pyridine rings is 1. The lowest BCUT2D eigenvalue weighted by Gasteiger charge is -2.12. The SMILES string of the molecule is O=C(NC1CCCC1)c1cncc(NCCc2cccc(Cl)c2)c1. The molecule has 1 saturated carbocycles. The topological polar surface area (TPSA) is 54.0 Å². The number of aromatic nitrogens is 1. The van der Waals surface area contributed by atoms with Gasteiger partial charge >= 0.3 is 0 Å². The average Bonchev–Trinajstić information content (AvgIpc) is 3.08. The lowest BCUT2D eigenvalue weighted by Crippen LogP contribution is -2.32. The zero-order chi connectivity index (χ0) is 16.8. The summed E-state index contributed by atoms with van der Waals surface area (Å²) < 4.78 is 0. The van der Waals surface area contributed by atoms with E-state index < -0.39 is 0 Å². The quantitative estimate of drug-likeness (QED) is 0.831. The van der Waals surface area contributed by atoms with Gasteiger partial charge in [0.15, 0.2) is 0 Å². The van der Waals surface area contributed by atoms with Gasteiger partial charge in [-0.3, -0.25) is 9.78 Å². The number of carbonyl (C=O) groups excluding carboxylic acids is 1. The molecular weight excluding hydrogens is 322 g/mol. The maximum atomic E-state index is 12.3. The van der Waals surface area contributed by atoms with E-state index in [0.29, 0.717) is 11.6 Å². The van der Waals surface area contributed by atoms with Crippen LogP contribution in [0.1, 0.15) is 41.6 Å². The molecule has 0 saturated heterocycles. The number of anilines is 1. The van der Waals surface area contributed by atoms with Gasteiger partial charge in [-0.05, 0) is 43.0 Å². The van der Waals surface area contributed by atoms with E-state index in [9.17, 15) is 4.79 Å². The van der Waals surface area contributed by atoms with Crippen molar-refractivity contribution in [3.05, 3.63) is 58.9 Å². The van der Waals surface area contributed by atoms with E-state index in [1.54, 1.807) is 12.4 Å². The zero-order valence-corrected chi connectivity index (χ0v) is 14.4. The molecule has 5 heteroatoms. The Kier molecular flexibility index (Phi) is 5.70. The van der Waals surface area contributed by atoms with Crippen LogP contribution < -0.4 is 10.6 Å². The van der Waals surface area contributed by atoms with Gasteiger partial charge in [-0.2, -0.15) is 0 Å². The molecule has 1 aromatic carbocycles. The third kappa shape index (κ3) is 4.71. The van der Waals surface area contributed by atoms with Crippen molar-refractivity contribution in [2.75, 3.05) is 11.9 Å². The molecule has 1 aromatic heterocycles. The molecule has 3 rings (SSSR count). The third-order valence-electron chi connectivity index (χ3n) is 4.32. The zero-order valence-electron chi connectivity index (χ0n) is 13.6. The number of carbonyl (C=O) groups is 1. The maximum absolute atomic E-state index is 12.3. The molecule has 0 spiro atoms. The van der Waals surface area contributed by atoms with Gasteiger partial charge in [0, 0.05) is 30.0 Å². The second-order valence-corrected chi connectivity index (χ2v) is 6.66. The first kappa shape index (κ1) is 16.8. The first-order valence-electron chi connectivity index (χ1n) is 8.45. The van der Waals surface area contributed by atoms with Crippen LogP contribution in [-0.2, 0) is 6.42 Å². The Balaban J connectivity index is 1.53. The highest BCUT2D eigenvalue weighted by molar-refractivity contribution is 6.30. The van der Waals surface area contributed by atoms with Crippen molar-refractivity contribution in [1.29, 1.82) is 0 Å². The fourth-order valence-corrected chi connectivity index (χ4v) is 3.26. The molecule has 0 aliphatic heterocycles. The molecule has 0 atom stereocenters. The predicted octanol–water partition coefficient (Wildman–Crippen LogP) is 4.06. The minimum Gasteiger partial charge on any atom is -0.383 e. The highest BCUT2D eigenvalue weighted by atomic mass is 35.5. The van der Waals surface area contributed by atoms with Gasteiger partial charge in [0.05, 0.1) is 11.3 Å². The van der Waals surface area contributed by atoms with E-state index in [4.69, 9.17) is 11.6 Å². The predicted molar refractivity (Wildman–Crippen MR) is 97.6 cm³/mol. The average molecular weight is 344 g/mol. The summed E-state index contributed by atoms with van der Waals surface area (Å²) in [6.45, 7) is 0.760. The lowest BCUT2D eigenvalue weighted by atomic mass is 10.1. The summed E-state index contributed by atoms with van der Waals surface area (Å²) in [5.41, 5.74) is 2.64. The highest BCUT2D eigenvalue weighted by Crippen LogP contribution is 2.18. The van der Waals surface area contributed by atoms with Gasteiger partial charge in [0.2, 0.25) is 0 Å². The van der Waals surface area contributed by atoms with Gasteiger partial charge < -0.3 is 10.6 Å². The van der Waals surface area contributed by atoms with Crippen molar-refractivity contribution >= 4 is 23.2 Å². The first-order chi connectivity index (χ1) is 11.7. The number of nitrogens with zero attached hydrogens (tertiary/aromatic N) is 1. The number of rotatable bonds is 6. The molecule has 0 bridgehead atoms. The molecule has 1 amide bonds. The van der Waals surface area contributed by atoms with Crippen LogP contribution in [0.4, 0.5) is 5.69 Å². The summed E-state index contributed by atoms with van der Waals surface area (Å²) in [7, 11) is 0. The van der Waals surface area contributed by atoms with Crippen molar-refractivity contribution in [3.8, 4) is 0 Å². The van der Waals surface area contributed by atoms with E-state index in [2.05, 4.69) is 21.7 Å². The fraction of sp³-hybridized carbons (Fsp3) is 0.368. The summed E-state index contributed by atoms with van der Waals surface area (Å²) in [5, 5.41) is 7.15. The number of halogens is 1. The van der Waals surface area contributed by atoms with Crippen LogP contribution >= 0.6 is 11.6 Å². The molecule has 0 unspecified atom stereocenters. The largest absolute Gasteiger partial charge is 0.383 e. The molecule has 2 aromatic rings. The molecule has 2 N–H and O–H groups in total. The van der Waals surface area contributed by atoms with Crippen molar-refractivity contribution < 1.29 is 4.79 Å². The van der Waals surface area contributed by atoms with Crippen molar-refractivity contribution in [3.63, 3.8) is 0 Å². The normalized spacial score (nSPS) is 14.5. The molecule has 24 heavy (non-hydrogen) atoms. The maximum Gasteiger partial charge on any atom is 0.253 e. The van der Waals surface area contributed by atoms with Crippen LogP contribution in [0.15, 0.2) is 42.7 Å². The number of benzene rings is 1. The standard InChI is InChI=1S/C19H22ClN3O/c20-16-5-3-4-14(10-16)8-9-22-18-11-15(12-21-13-18)19(24)23-17-6-1-2-7-17/h3-5,10-13,17,22H,1-2,6-9H2,(H,23,24). The number of nitrogens with one attached hydrogen (secondary N) is 2. The van der Waals surface area contributed by atoms with Crippen LogP contribution in [0.5, 0.6) is 0 Å². The smallest absolute Gasteiger partial charge is 0.253 e. The highest BCUT2D eigenvalue weighted by Gasteiger charge is 2.18. The number of hydrogen-bond acceptors (Lipinski definition) is 3. The molecule has 1 aliphatic rings. The summed E-state index contributed by atoms with van der Waals surface area (Å²) >= 11 is 5.99. The van der Waals surface area contributed by atoms with Crippen LogP contribution in [0.25, 0.3) is 0 Å². The van der Waals surface area contributed by atoms with E-state index >= 15 is 0 Å². The Labute approximate surface area is 147 Å². The Morgan fingerprint density at radius 3 is 2.83 bits per heavy atom. The van der Waals surface area contributed by atoms with Gasteiger partial charge in [-0.25, -0.2) is 0 Å². The lowest BCUT2D eigenvalue weighted by molar-refractivity contribution is 0.0937. The van der Waals surface area contributed by atoms with Crippen molar-refractivity contribution in [2.45, 2.75) is 38.1 Å². The summed E-state index contributed by atoms with van der Waals surface area (Å²) in [4.78, 5) is 16.5. The van der Waals surface area contributed by atoms with Crippen LogP contribution in [0.3, 0.4) is 0 Å². The molecular formula is C19H22ClN3O. The second kappa shape index (κ2) is 8.15. The summed E-state index contributed by atoms with van der Waals surface area (Å²) in [6, 6.07) is 10.0. The molecule has 126 valence electrons. The second-order valence-electron chi connectivity index (χ2n) is 6.22. The monoisotopic (exact) mass is 343 g/mol. The van der Waals surface area contributed by atoms with Gasteiger partial charge in [-0.15, -0.1) is 0 Å². The Morgan fingerprint density at radius 1 is 1.21 bits per heavy atom.